The Bertz CT molecular complexity index is 815. The molecule has 0 spiro atoms. The Balaban J connectivity index is 1.57. The summed E-state index contributed by atoms with van der Waals surface area (Å²) in [5.74, 6) is 1.12. The van der Waals surface area contributed by atoms with E-state index in [1.165, 1.54) is 18.6 Å². The summed E-state index contributed by atoms with van der Waals surface area (Å²) in [6.07, 6.45) is -0.865. The van der Waals surface area contributed by atoms with Crippen molar-refractivity contribution in [2.75, 3.05) is 18.0 Å². The van der Waals surface area contributed by atoms with E-state index in [1.54, 1.807) is 0 Å². The number of alkyl halides is 3. The molecule has 2 heterocycles. The second-order valence-electron chi connectivity index (χ2n) is 6.98. The molecule has 1 saturated heterocycles. The van der Waals surface area contributed by atoms with Crippen LogP contribution < -0.4 is 10.2 Å². The van der Waals surface area contributed by atoms with Crippen LogP contribution >= 0.6 is 0 Å². The molecule has 1 fully saturated rings. The second-order valence-corrected chi connectivity index (χ2v) is 6.98. The molecule has 1 N–H and O–H groups in total. The molecule has 1 aromatic carbocycles. The van der Waals surface area contributed by atoms with E-state index in [9.17, 15) is 18.0 Å². The van der Waals surface area contributed by atoms with Crippen molar-refractivity contribution < 1.29 is 18.0 Å². The van der Waals surface area contributed by atoms with E-state index in [2.05, 4.69) is 20.2 Å². The molecule has 1 amide bonds. The molecular weight excluding hydrogens is 369 g/mol. The average Bonchev–Trinajstić information content (AvgIpc) is 2.66. The molecule has 0 bridgehead atoms. The zero-order chi connectivity index (χ0) is 20.1. The number of rotatable bonds is 5. The topological polar surface area (TPSA) is 58.1 Å². The number of nitrogens with zero attached hydrogens (tertiary/aromatic N) is 3. The molecule has 0 aliphatic carbocycles. The van der Waals surface area contributed by atoms with Crippen molar-refractivity contribution in [3.05, 3.63) is 53.0 Å². The summed E-state index contributed by atoms with van der Waals surface area (Å²) < 4.78 is 37.8. The van der Waals surface area contributed by atoms with Gasteiger partial charge in [-0.05, 0) is 43.9 Å². The zero-order valence-corrected chi connectivity index (χ0v) is 15.7. The van der Waals surface area contributed by atoms with Crippen molar-refractivity contribution in [1.29, 1.82) is 0 Å². The van der Waals surface area contributed by atoms with Crippen molar-refractivity contribution >= 4 is 11.7 Å². The summed E-state index contributed by atoms with van der Waals surface area (Å²) >= 11 is 0. The maximum atomic E-state index is 12.6. The van der Waals surface area contributed by atoms with Gasteiger partial charge in [-0.1, -0.05) is 12.1 Å². The normalized spacial score (nSPS) is 14.8. The van der Waals surface area contributed by atoms with Crippen LogP contribution in [-0.4, -0.2) is 29.0 Å². The molecule has 1 aliphatic rings. The first-order valence-corrected chi connectivity index (χ1v) is 9.33. The van der Waals surface area contributed by atoms with E-state index < -0.39 is 11.7 Å². The van der Waals surface area contributed by atoms with Gasteiger partial charge < -0.3 is 10.2 Å². The average molecular weight is 392 g/mol. The second kappa shape index (κ2) is 8.58. The molecule has 28 heavy (non-hydrogen) atoms. The van der Waals surface area contributed by atoms with Crippen LogP contribution in [-0.2, 0) is 23.9 Å². The molecule has 0 saturated carbocycles. The number of aryl methyl sites for hydroxylation is 1. The lowest BCUT2D eigenvalue weighted by Gasteiger charge is -2.28. The predicted octanol–water partition coefficient (Wildman–Crippen LogP) is 3.65. The van der Waals surface area contributed by atoms with Crippen LogP contribution in [0.5, 0.6) is 0 Å². The fourth-order valence-electron chi connectivity index (χ4n) is 3.21. The largest absolute Gasteiger partial charge is 0.416 e. The Hall–Kier alpha value is -2.64. The molecule has 5 nitrogen and oxygen atoms in total. The standard InChI is InChI=1S/C20H23F3N4O/c1-14-11-18(27-9-3-2-4-10-27)26-17(25-14)13-24-19(28)12-15-5-7-16(8-6-15)20(21,22)23/h5-8,11H,2-4,9-10,12-13H2,1H3,(H,24,28). The van der Waals surface area contributed by atoms with E-state index >= 15 is 0 Å². The Labute approximate surface area is 162 Å². The van der Waals surface area contributed by atoms with Crippen molar-refractivity contribution in [3.63, 3.8) is 0 Å². The van der Waals surface area contributed by atoms with Crippen LogP contribution in [0.4, 0.5) is 19.0 Å². The SMILES string of the molecule is Cc1cc(N2CCCCC2)nc(CNC(=O)Cc2ccc(C(F)(F)F)cc2)n1. The summed E-state index contributed by atoms with van der Waals surface area (Å²) in [7, 11) is 0. The summed E-state index contributed by atoms with van der Waals surface area (Å²) in [6.45, 7) is 4.01. The lowest BCUT2D eigenvalue weighted by molar-refractivity contribution is -0.137. The molecule has 3 rings (SSSR count). The smallest absolute Gasteiger partial charge is 0.357 e. The Morgan fingerprint density at radius 2 is 1.79 bits per heavy atom. The van der Waals surface area contributed by atoms with Gasteiger partial charge in [0.2, 0.25) is 5.91 Å². The molecule has 0 radical (unpaired) electrons. The highest BCUT2D eigenvalue weighted by Gasteiger charge is 2.29. The first-order valence-electron chi connectivity index (χ1n) is 9.33. The van der Waals surface area contributed by atoms with Gasteiger partial charge in [0.25, 0.3) is 0 Å². The van der Waals surface area contributed by atoms with Crippen LogP contribution in [0, 0.1) is 6.92 Å². The van der Waals surface area contributed by atoms with Crippen molar-refractivity contribution in [2.45, 2.75) is 45.3 Å². The number of halogens is 3. The van der Waals surface area contributed by atoms with Gasteiger partial charge in [0.1, 0.15) is 11.6 Å². The Kier molecular flexibility index (Phi) is 6.16. The maximum Gasteiger partial charge on any atom is 0.416 e. The Morgan fingerprint density at radius 1 is 1.11 bits per heavy atom. The van der Waals surface area contributed by atoms with Gasteiger partial charge in [0, 0.05) is 24.8 Å². The third-order valence-corrected chi connectivity index (χ3v) is 4.66. The Morgan fingerprint density at radius 3 is 2.43 bits per heavy atom. The molecule has 0 unspecified atom stereocenters. The number of anilines is 1. The van der Waals surface area contributed by atoms with Crippen LogP contribution in [0.2, 0.25) is 0 Å². The molecular formula is C20H23F3N4O. The lowest BCUT2D eigenvalue weighted by atomic mass is 10.1. The van der Waals surface area contributed by atoms with E-state index in [0.29, 0.717) is 11.4 Å². The van der Waals surface area contributed by atoms with Gasteiger partial charge in [-0.25, -0.2) is 9.97 Å². The fraction of sp³-hybridized carbons (Fsp3) is 0.450. The summed E-state index contributed by atoms with van der Waals surface area (Å²) in [5, 5.41) is 2.74. The van der Waals surface area contributed by atoms with Gasteiger partial charge in [-0.3, -0.25) is 4.79 Å². The van der Waals surface area contributed by atoms with Gasteiger partial charge in [-0.2, -0.15) is 13.2 Å². The summed E-state index contributed by atoms with van der Waals surface area (Å²) in [5.41, 5.74) is 0.627. The lowest BCUT2D eigenvalue weighted by Crippen LogP contribution is -2.31. The number of hydrogen-bond donors (Lipinski definition) is 1. The van der Waals surface area contributed by atoms with E-state index in [-0.39, 0.29) is 18.9 Å². The summed E-state index contributed by atoms with van der Waals surface area (Å²) in [6, 6.07) is 6.55. The number of piperidine rings is 1. The van der Waals surface area contributed by atoms with Gasteiger partial charge in [0.15, 0.2) is 0 Å². The number of nitrogens with one attached hydrogen (secondary N) is 1. The fourth-order valence-corrected chi connectivity index (χ4v) is 3.21. The van der Waals surface area contributed by atoms with E-state index in [1.807, 2.05) is 13.0 Å². The first-order chi connectivity index (χ1) is 13.3. The van der Waals surface area contributed by atoms with Crippen molar-refractivity contribution in [2.24, 2.45) is 0 Å². The molecule has 2 aromatic rings. The zero-order valence-electron chi connectivity index (χ0n) is 15.7. The highest BCUT2D eigenvalue weighted by molar-refractivity contribution is 5.78. The monoisotopic (exact) mass is 392 g/mol. The molecule has 1 aliphatic heterocycles. The van der Waals surface area contributed by atoms with E-state index in [0.717, 1.165) is 49.6 Å². The van der Waals surface area contributed by atoms with Gasteiger partial charge in [0.05, 0.1) is 18.5 Å². The van der Waals surface area contributed by atoms with Crippen molar-refractivity contribution in [1.82, 2.24) is 15.3 Å². The van der Waals surface area contributed by atoms with E-state index in [4.69, 9.17) is 0 Å². The number of amides is 1. The van der Waals surface area contributed by atoms with Crippen LogP contribution in [0.25, 0.3) is 0 Å². The minimum atomic E-state index is -4.38. The maximum absolute atomic E-state index is 12.6. The number of aromatic nitrogens is 2. The number of carbonyl (C=O) groups is 1. The van der Waals surface area contributed by atoms with Crippen LogP contribution in [0.1, 0.15) is 41.9 Å². The van der Waals surface area contributed by atoms with Gasteiger partial charge >= 0.3 is 6.18 Å². The first kappa shape index (κ1) is 20.1. The minimum absolute atomic E-state index is 0.00291. The quantitative estimate of drug-likeness (QED) is 0.844. The minimum Gasteiger partial charge on any atom is -0.357 e. The predicted molar refractivity (Wildman–Crippen MR) is 99.8 cm³/mol. The molecule has 150 valence electrons. The number of carbonyl (C=O) groups excluding carboxylic acids is 1. The van der Waals surface area contributed by atoms with Crippen LogP contribution in [0.15, 0.2) is 30.3 Å². The van der Waals surface area contributed by atoms with Crippen molar-refractivity contribution in [3.8, 4) is 0 Å². The van der Waals surface area contributed by atoms with Crippen LogP contribution in [0.3, 0.4) is 0 Å². The highest BCUT2D eigenvalue weighted by Crippen LogP contribution is 2.29. The van der Waals surface area contributed by atoms with Gasteiger partial charge in [-0.15, -0.1) is 0 Å². The molecule has 1 aromatic heterocycles. The molecule has 8 heteroatoms. The number of benzene rings is 1. The highest BCUT2D eigenvalue weighted by atomic mass is 19.4. The molecule has 0 atom stereocenters. The summed E-state index contributed by atoms with van der Waals surface area (Å²) in [4.78, 5) is 23.3. The third-order valence-electron chi connectivity index (χ3n) is 4.66. The number of hydrogen-bond acceptors (Lipinski definition) is 4. The third kappa shape index (κ3) is 5.43.